The zero-order chi connectivity index (χ0) is 11.9. The smallest absolute Gasteiger partial charge is 0.307 e. The van der Waals surface area contributed by atoms with E-state index in [0.717, 1.165) is 32.1 Å². The third kappa shape index (κ3) is 4.94. The van der Waals surface area contributed by atoms with E-state index in [2.05, 4.69) is 0 Å². The standard InChI is InChI=1S/C12H23NO3/c1-15-8-5-9-16-11(14)10-12(13)6-3-2-4-7-12/h2-10,13H2,1H3. The number of carbonyl (C=O) groups excluding carboxylic acids is 1. The average molecular weight is 229 g/mol. The molecular formula is C12H23NO3. The molecule has 0 heterocycles. The molecule has 0 spiro atoms. The molecule has 0 saturated heterocycles. The summed E-state index contributed by atoms with van der Waals surface area (Å²) in [6.07, 6.45) is 6.50. The van der Waals surface area contributed by atoms with Crippen LogP contribution >= 0.6 is 0 Å². The molecule has 1 fully saturated rings. The monoisotopic (exact) mass is 229 g/mol. The molecule has 1 saturated carbocycles. The van der Waals surface area contributed by atoms with E-state index >= 15 is 0 Å². The number of carbonyl (C=O) groups is 1. The molecule has 4 heteroatoms. The number of esters is 1. The second kappa shape index (κ2) is 6.86. The molecule has 0 aromatic carbocycles. The Morgan fingerprint density at radius 3 is 2.56 bits per heavy atom. The van der Waals surface area contributed by atoms with Gasteiger partial charge in [0.05, 0.1) is 13.0 Å². The summed E-state index contributed by atoms with van der Waals surface area (Å²) < 4.78 is 9.99. The van der Waals surface area contributed by atoms with Gasteiger partial charge in [-0.05, 0) is 12.8 Å². The molecule has 4 nitrogen and oxygen atoms in total. The average Bonchev–Trinajstić information content (AvgIpc) is 2.25. The van der Waals surface area contributed by atoms with E-state index in [1.165, 1.54) is 6.42 Å². The third-order valence-electron chi connectivity index (χ3n) is 3.10. The highest BCUT2D eigenvalue weighted by Crippen LogP contribution is 2.28. The van der Waals surface area contributed by atoms with E-state index in [1.807, 2.05) is 0 Å². The number of nitrogens with two attached hydrogens (primary N) is 1. The van der Waals surface area contributed by atoms with Crippen LogP contribution in [0.4, 0.5) is 0 Å². The van der Waals surface area contributed by atoms with E-state index in [-0.39, 0.29) is 11.5 Å². The first kappa shape index (κ1) is 13.5. The number of hydrogen-bond acceptors (Lipinski definition) is 4. The summed E-state index contributed by atoms with van der Waals surface area (Å²) in [6.45, 7) is 1.06. The summed E-state index contributed by atoms with van der Waals surface area (Å²) >= 11 is 0. The van der Waals surface area contributed by atoms with Crippen molar-refractivity contribution in [2.75, 3.05) is 20.3 Å². The molecule has 1 aliphatic carbocycles. The molecule has 0 amide bonds. The van der Waals surface area contributed by atoms with E-state index < -0.39 is 0 Å². The lowest BCUT2D eigenvalue weighted by molar-refractivity contribution is -0.145. The quantitative estimate of drug-likeness (QED) is 0.555. The van der Waals surface area contributed by atoms with Crippen LogP contribution in [-0.4, -0.2) is 31.8 Å². The van der Waals surface area contributed by atoms with Gasteiger partial charge in [0, 0.05) is 25.7 Å². The van der Waals surface area contributed by atoms with Crippen LogP contribution < -0.4 is 5.73 Å². The van der Waals surface area contributed by atoms with Crippen LogP contribution in [0.3, 0.4) is 0 Å². The van der Waals surface area contributed by atoms with Crippen molar-refractivity contribution in [3.05, 3.63) is 0 Å². The van der Waals surface area contributed by atoms with Gasteiger partial charge in [-0.25, -0.2) is 0 Å². The van der Waals surface area contributed by atoms with Crippen molar-refractivity contribution < 1.29 is 14.3 Å². The van der Waals surface area contributed by atoms with Gasteiger partial charge in [-0.3, -0.25) is 4.79 Å². The summed E-state index contributed by atoms with van der Waals surface area (Å²) in [5.41, 5.74) is 5.86. The van der Waals surface area contributed by atoms with Crippen molar-refractivity contribution >= 4 is 5.97 Å². The van der Waals surface area contributed by atoms with Crippen molar-refractivity contribution in [3.63, 3.8) is 0 Å². The van der Waals surface area contributed by atoms with Crippen LogP contribution in [0.5, 0.6) is 0 Å². The summed E-state index contributed by atoms with van der Waals surface area (Å²) in [6, 6.07) is 0. The molecule has 1 rings (SSSR count). The fourth-order valence-corrected chi connectivity index (χ4v) is 2.16. The maximum absolute atomic E-state index is 11.5. The Morgan fingerprint density at radius 1 is 1.25 bits per heavy atom. The van der Waals surface area contributed by atoms with Crippen molar-refractivity contribution in [2.45, 2.75) is 50.5 Å². The fourth-order valence-electron chi connectivity index (χ4n) is 2.16. The lowest BCUT2D eigenvalue weighted by Crippen LogP contribution is -2.43. The van der Waals surface area contributed by atoms with Gasteiger partial charge in [0.15, 0.2) is 0 Å². The largest absolute Gasteiger partial charge is 0.466 e. The van der Waals surface area contributed by atoms with E-state index in [4.69, 9.17) is 15.2 Å². The van der Waals surface area contributed by atoms with Crippen molar-refractivity contribution in [1.29, 1.82) is 0 Å². The summed E-state index contributed by atoms with van der Waals surface area (Å²) in [5, 5.41) is 0. The normalized spacial score (nSPS) is 19.4. The van der Waals surface area contributed by atoms with Gasteiger partial charge in [0.1, 0.15) is 0 Å². The predicted octanol–water partition coefficient (Wildman–Crippen LogP) is 1.62. The van der Waals surface area contributed by atoms with Crippen LogP contribution in [0, 0.1) is 0 Å². The Morgan fingerprint density at radius 2 is 1.94 bits per heavy atom. The minimum atomic E-state index is -0.309. The van der Waals surface area contributed by atoms with Gasteiger partial charge < -0.3 is 15.2 Å². The van der Waals surface area contributed by atoms with E-state index in [0.29, 0.717) is 19.6 Å². The zero-order valence-corrected chi connectivity index (χ0v) is 10.2. The van der Waals surface area contributed by atoms with Crippen LogP contribution in [0.15, 0.2) is 0 Å². The van der Waals surface area contributed by atoms with Gasteiger partial charge in [0.2, 0.25) is 0 Å². The molecule has 94 valence electrons. The predicted molar refractivity (Wildman–Crippen MR) is 62.1 cm³/mol. The highest BCUT2D eigenvalue weighted by atomic mass is 16.5. The Balaban J connectivity index is 2.17. The van der Waals surface area contributed by atoms with Gasteiger partial charge in [-0.15, -0.1) is 0 Å². The van der Waals surface area contributed by atoms with Crippen LogP contribution in [0.2, 0.25) is 0 Å². The Labute approximate surface area is 97.5 Å². The Hall–Kier alpha value is -0.610. The topological polar surface area (TPSA) is 61.5 Å². The maximum atomic E-state index is 11.5. The first-order valence-corrected chi connectivity index (χ1v) is 6.10. The second-order valence-electron chi connectivity index (χ2n) is 4.67. The summed E-state index contributed by atoms with van der Waals surface area (Å²) in [7, 11) is 1.64. The van der Waals surface area contributed by atoms with Crippen molar-refractivity contribution in [1.82, 2.24) is 0 Å². The lowest BCUT2D eigenvalue weighted by Gasteiger charge is -2.32. The van der Waals surface area contributed by atoms with Gasteiger partial charge in [0.25, 0.3) is 0 Å². The highest BCUT2D eigenvalue weighted by molar-refractivity contribution is 5.70. The number of ether oxygens (including phenoxy) is 2. The Kier molecular flexibility index (Phi) is 5.77. The molecule has 0 aliphatic heterocycles. The lowest BCUT2D eigenvalue weighted by atomic mass is 9.80. The molecule has 0 bridgehead atoms. The summed E-state index contributed by atoms with van der Waals surface area (Å²) in [4.78, 5) is 11.5. The highest BCUT2D eigenvalue weighted by Gasteiger charge is 2.30. The Bertz CT molecular complexity index is 212. The third-order valence-corrected chi connectivity index (χ3v) is 3.10. The molecule has 2 N–H and O–H groups in total. The molecular weight excluding hydrogens is 206 g/mol. The molecule has 1 aliphatic rings. The SMILES string of the molecule is COCCCOC(=O)CC1(N)CCCCC1. The fraction of sp³-hybridized carbons (Fsp3) is 0.917. The van der Waals surface area contributed by atoms with Crippen molar-refractivity contribution in [2.24, 2.45) is 5.73 Å². The molecule has 0 aromatic rings. The first-order valence-electron chi connectivity index (χ1n) is 6.10. The maximum Gasteiger partial charge on any atom is 0.307 e. The summed E-state index contributed by atoms with van der Waals surface area (Å²) in [5.74, 6) is -0.166. The van der Waals surface area contributed by atoms with Crippen LogP contribution in [-0.2, 0) is 14.3 Å². The molecule has 0 radical (unpaired) electrons. The van der Waals surface area contributed by atoms with Crippen LogP contribution in [0.25, 0.3) is 0 Å². The molecule has 16 heavy (non-hydrogen) atoms. The number of methoxy groups -OCH3 is 1. The number of rotatable bonds is 6. The minimum Gasteiger partial charge on any atom is -0.466 e. The first-order chi connectivity index (χ1) is 7.66. The van der Waals surface area contributed by atoms with E-state index in [9.17, 15) is 4.79 Å². The van der Waals surface area contributed by atoms with Crippen LogP contribution in [0.1, 0.15) is 44.9 Å². The van der Waals surface area contributed by atoms with Gasteiger partial charge >= 0.3 is 5.97 Å². The number of hydrogen-bond donors (Lipinski definition) is 1. The molecule has 0 unspecified atom stereocenters. The van der Waals surface area contributed by atoms with Gasteiger partial charge in [-0.2, -0.15) is 0 Å². The molecule has 0 atom stereocenters. The van der Waals surface area contributed by atoms with E-state index in [1.54, 1.807) is 7.11 Å². The van der Waals surface area contributed by atoms with Crippen molar-refractivity contribution in [3.8, 4) is 0 Å². The van der Waals surface area contributed by atoms with Gasteiger partial charge in [-0.1, -0.05) is 19.3 Å². The second-order valence-corrected chi connectivity index (χ2v) is 4.67. The molecule has 0 aromatic heterocycles. The minimum absolute atomic E-state index is 0.166. The zero-order valence-electron chi connectivity index (χ0n) is 10.2.